The van der Waals surface area contributed by atoms with Gasteiger partial charge in [0.2, 0.25) is 0 Å². The van der Waals surface area contributed by atoms with E-state index in [1.807, 2.05) is 0 Å². The van der Waals surface area contributed by atoms with E-state index in [1.165, 1.54) is 7.11 Å². The molecule has 2 nitrogen and oxygen atoms in total. The normalized spacial score (nSPS) is 13.0. The Bertz CT molecular complexity index is 271. The Kier molecular flexibility index (Phi) is 4.47. The van der Waals surface area contributed by atoms with Gasteiger partial charge in [-0.05, 0) is 13.0 Å². The molecule has 64 valence electrons. The molecule has 0 aromatic rings. The fourth-order valence-electron chi connectivity index (χ4n) is 0.468. The fourth-order valence-corrected chi connectivity index (χ4v) is 0.468. The van der Waals surface area contributed by atoms with Crippen molar-refractivity contribution < 1.29 is 9.13 Å². The number of halogens is 1. The van der Waals surface area contributed by atoms with Crippen LogP contribution in [0.2, 0.25) is 0 Å². The van der Waals surface area contributed by atoms with Crippen LogP contribution >= 0.6 is 0 Å². The average Bonchev–Trinajstić information content (AvgIpc) is 2.12. The number of nitrogens with zero attached hydrogens (tertiary/aromatic N) is 1. The zero-order valence-corrected chi connectivity index (χ0v) is 7.10. The van der Waals surface area contributed by atoms with Gasteiger partial charge in [-0.1, -0.05) is 12.5 Å². The summed E-state index contributed by atoms with van der Waals surface area (Å²) in [6, 6.07) is 0. The van der Waals surface area contributed by atoms with Crippen LogP contribution in [0.5, 0.6) is 0 Å². The third-order valence-corrected chi connectivity index (χ3v) is 1.06. The topological polar surface area (TPSA) is 21.6 Å². The second-order valence-corrected chi connectivity index (χ2v) is 1.90. The predicted octanol–water partition coefficient (Wildman–Crippen LogP) is 2.05. The van der Waals surface area contributed by atoms with Gasteiger partial charge in [0.05, 0.1) is 12.8 Å². The maximum absolute atomic E-state index is 12.8. The van der Waals surface area contributed by atoms with Crippen molar-refractivity contribution >= 4 is 5.71 Å². The lowest BCUT2D eigenvalue weighted by atomic mass is 10.4. The maximum Gasteiger partial charge on any atom is 0.250 e. The molecule has 0 heterocycles. The van der Waals surface area contributed by atoms with E-state index in [1.54, 1.807) is 6.92 Å². The van der Waals surface area contributed by atoms with Gasteiger partial charge in [0.1, 0.15) is 0 Å². The van der Waals surface area contributed by atoms with E-state index >= 15 is 0 Å². The van der Waals surface area contributed by atoms with Crippen LogP contribution in [0.1, 0.15) is 6.92 Å². The van der Waals surface area contributed by atoms with Crippen LogP contribution in [0.4, 0.5) is 4.39 Å². The van der Waals surface area contributed by atoms with Gasteiger partial charge in [-0.3, -0.25) is 0 Å². The Morgan fingerprint density at radius 3 is 2.67 bits per heavy atom. The Labute approximate surface area is 71.5 Å². The van der Waals surface area contributed by atoms with E-state index in [-0.39, 0.29) is 5.88 Å². The van der Waals surface area contributed by atoms with Gasteiger partial charge in [0, 0.05) is 0 Å². The molecule has 0 saturated heterocycles. The van der Waals surface area contributed by atoms with Gasteiger partial charge in [-0.15, -0.1) is 6.42 Å². The van der Waals surface area contributed by atoms with Crippen LogP contribution in [-0.4, -0.2) is 12.8 Å². The number of hydrogen-bond acceptors (Lipinski definition) is 2. The Hall–Kier alpha value is -1.56. The van der Waals surface area contributed by atoms with Gasteiger partial charge in [-0.2, -0.15) is 0 Å². The number of terminal acetylenes is 1. The van der Waals surface area contributed by atoms with E-state index in [0.717, 1.165) is 6.08 Å². The zero-order chi connectivity index (χ0) is 9.56. The molecule has 0 amide bonds. The lowest BCUT2D eigenvalue weighted by Crippen LogP contribution is -1.91. The van der Waals surface area contributed by atoms with Crippen molar-refractivity contribution in [3.8, 4) is 12.3 Å². The van der Waals surface area contributed by atoms with Crippen LogP contribution in [-0.2, 0) is 4.74 Å². The highest BCUT2D eigenvalue weighted by molar-refractivity contribution is 5.98. The molecule has 0 aromatic carbocycles. The number of methoxy groups -OCH3 is 1. The zero-order valence-electron chi connectivity index (χ0n) is 7.10. The van der Waals surface area contributed by atoms with Crippen LogP contribution < -0.4 is 0 Å². The predicted molar refractivity (Wildman–Crippen MR) is 47.3 cm³/mol. The lowest BCUT2D eigenvalue weighted by molar-refractivity contribution is 0.275. The van der Waals surface area contributed by atoms with Crippen LogP contribution in [0, 0.1) is 12.3 Å². The number of allylic oxidation sites excluding steroid dienone is 2. The molecule has 0 bridgehead atoms. The van der Waals surface area contributed by atoms with E-state index in [2.05, 4.69) is 22.2 Å². The summed E-state index contributed by atoms with van der Waals surface area (Å²) in [6.07, 6.45) is 6.02. The summed E-state index contributed by atoms with van der Waals surface area (Å²) in [5.41, 5.74) is 0.351. The number of rotatable bonds is 3. The van der Waals surface area contributed by atoms with Crippen molar-refractivity contribution in [2.24, 2.45) is 4.99 Å². The van der Waals surface area contributed by atoms with Gasteiger partial charge in [0.15, 0.2) is 5.83 Å². The summed E-state index contributed by atoms with van der Waals surface area (Å²) in [6.45, 7) is 4.81. The molecule has 0 radical (unpaired) electrons. The minimum Gasteiger partial charge on any atom is -0.479 e. The summed E-state index contributed by atoms with van der Waals surface area (Å²) in [5, 5.41) is 0. The number of ether oxygens (including phenoxy) is 1. The first-order chi connectivity index (χ1) is 5.65. The van der Waals surface area contributed by atoms with Gasteiger partial charge in [-0.25, -0.2) is 9.38 Å². The van der Waals surface area contributed by atoms with Crippen molar-refractivity contribution in [2.45, 2.75) is 6.92 Å². The molecule has 0 spiro atoms. The average molecular weight is 167 g/mol. The molecular formula is C9H10FNO. The lowest BCUT2D eigenvalue weighted by Gasteiger charge is -1.99. The minimum absolute atomic E-state index is 0.152. The van der Waals surface area contributed by atoms with Gasteiger partial charge in [0.25, 0.3) is 5.88 Å². The summed E-state index contributed by atoms with van der Waals surface area (Å²) in [5.74, 6) is 1.46. The SMILES string of the molecule is C#C/C(C)=N/C(OC)=C(/F)C=C. The molecule has 3 heteroatoms. The smallest absolute Gasteiger partial charge is 0.250 e. The van der Waals surface area contributed by atoms with E-state index < -0.39 is 5.83 Å². The molecule has 12 heavy (non-hydrogen) atoms. The van der Waals surface area contributed by atoms with Crippen molar-refractivity contribution in [3.63, 3.8) is 0 Å². The second-order valence-electron chi connectivity index (χ2n) is 1.90. The molecule has 0 unspecified atom stereocenters. The minimum atomic E-state index is -0.632. The highest BCUT2D eigenvalue weighted by Crippen LogP contribution is 2.09. The highest BCUT2D eigenvalue weighted by atomic mass is 19.1. The highest BCUT2D eigenvalue weighted by Gasteiger charge is 2.00. The molecular weight excluding hydrogens is 157 g/mol. The van der Waals surface area contributed by atoms with Crippen LogP contribution in [0.15, 0.2) is 29.4 Å². The van der Waals surface area contributed by atoms with E-state index in [4.69, 9.17) is 6.42 Å². The first-order valence-corrected chi connectivity index (χ1v) is 3.23. The summed E-state index contributed by atoms with van der Waals surface area (Å²) < 4.78 is 17.4. The van der Waals surface area contributed by atoms with Crippen molar-refractivity contribution in [2.75, 3.05) is 7.11 Å². The Morgan fingerprint density at radius 2 is 2.33 bits per heavy atom. The monoisotopic (exact) mass is 167 g/mol. The Balaban J connectivity index is 4.84. The molecule has 0 N–H and O–H groups in total. The standard InChI is InChI=1S/C9H10FNO/c1-5-7(3)11-9(12-4)8(10)6-2/h1,6H,2H2,3-4H3/b9-8-,11-7+. The first kappa shape index (κ1) is 10.4. The van der Waals surface area contributed by atoms with Crippen molar-refractivity contribution in [1.82, 2.24) is 0 Å². The molecule has 0 aliphatic carbocycles. The number of hydrogen-bond donors (Lipinski definition) is 0. The maximum atomic E-state index is 12.8. The third kappa shape index (κ3) is 3.02. The van der Waals surface area contributed by atoms with E-state index in [9.17, 15) is 4.39 Å². The third-order valence-electron chi connectivity index (χ3n) is 1.06. The summed E-state index contributed by atoms with van der Waals surface area (Å²) >= 11 is 0. The molecule has 0 rings (SSSR count). The van der Waals surface area contributed by atoms with Crippen LogP contribution in [0.25, 0.3) is 0 Å². The molecule has 0 saturated carbocycles. The fraction of sp³-hybridized carbons (Fsp3) is 0.222. The first-order valence-electron chi connectivity index (χ1n) is 3.23. The van der Waals surface area contributed by atoms with Gasteiger partial charge < -0.3 is 4.74 Å². The second kappa shape index (κ2) is 5.14. The van der Waals surface area contributed by atoms with Crippen molar-refractivity contribution in [3.05, 3.63) is 24.4 Å². The summed E-state index contributed by atoms with van der Waals surface area (Å²) in [7, 11) is 1.31. The van der Waals surface area contributed by atoms with Gasteiger partial charge >= 0.3 is 0 Å². The molecule has 0 aliphatic rings. The quantitative estimate of drug-likeness (QED) is 0.273. The Morgan fingerprint density at radius 1 is 1.75 bits per heavy atom. The van der Waals surface area contributed by atoms with E-state index in [0.29, 0.717) is 5.71 Å². The summed E-state index contributed by atoms with van der Waals surface area (Å²) in [4.78, 5) is 3.68. The molecule has 0 fully saturated rings. The van der Waals surface area contributed by atoms with Crippen LogP contribution in [0.3, 0.4) is 0 Å². The van der Waals surface area contributed by atoms with Crippen molar-refractivity contribution in [1.29, 1.82) is 0 Å². The largest absolute Gasteiger partial charge is 0.479 e. The molecule has 0 atom stereocenters. The number of aliphatic imine (C=N–C) groups is 1. The molecule has 0 aromatic heterocycles. The molecule has 0 aliphatic heterocycles.